The molecule has 1 atom stereocenters. The number of fused-ring (bicyclic) bond motifs is 1. The highest BCUT2D eigenvalue weighted by Crippen LogP contribution is 2.37. The number of carbonyl (C=O) groups is 2. The molecule has 2 aromatic carbocycles. The van der Waals surface area contributed by atoms with Crippen LogP contribution < -0.4 is 11.1 Å². The van der Waals surface area contributed by atoms with Crippen molar-refractivity contribution >= 4 is 23.6 Å². The largest absolute Gasteiger partial charge is 0.435 e. The van der Waals surface area contributed by atoms with E-state index in [1.807, 2.05) is 0 Å². The van der Waals surface area contributed by atoms with Crippen LogP contribution in [0.15, 0.2) is 54.7 Å². The molecule has 14 heteroatoms. The fourth-order valence-corrected chi connectivity index (χ4v) is 6.03. The third kappa shape index (κ3) is 6.69. The van der Waals surface area contributed by atoms with E-state index >= 15 is 0 Å². The van der Waals surface area contributed by atoms with Crippen molar-refractivity contribution in [3.8, 4) is 11.1 Å². The summed E-state index contributed by atoms with van der Waals surface area (Å²) in [6.45, 7) is -0.554. The number of rotatable bonds is 8. The Labute approximate surface area is 245 Å². The quantitative estimate of drug-likeness (QED) is 0.258. The van der Waals surface area contributed by atoms with Gasteiger partial charge in [-0.25, -0.2) is 13.2 Å². The number of hydrogen-bond acceptors (Lipinski definition) is 5. The van der Waals surface area contributed by atoms with Gasteiger partial charge in [0.25, 0.3) is 5.91 Å². The molecule has 2 aromatic heterocycles. The zero-order valence-electron chi connectivity index (χ0n) is 22.2. The van der Waals surface area contributed by atoms with Crippen LogP contribution in [-0.4, -0.2) is 32.3 Å². The Kier molecular flexibility index (Phi) is 8.49. The number of nitrogens with zero attached hydrogens (tertiary/aromatic N) is 3. The predicted molar refractivity (Wildman–Crippen MR) is 146 cm³/mol. The smallest absolute Gasteiger partial charge is 0.366 e. The van der Waals surface area contributed by atoms with E-state index in [2.05, 4.69) is 15.4 Å². The molecule has 7 nitrogen and oxygen atoms in total. The molecule has 0 bridgehead atoms. The molecule has 3 heterocycles. The molecule has 0 aliphatic carbocycles. The van der Waals surface area contributed by atoms with Crippen molar-refractivity contribution in [1.29, 1.82) is 0 Å². The van der Waals surface area contributed by atoms with Gasteiger partial charge in [-0.1, -0.05) is 12.1 Å². The van der Waals surface area contributed by atoms with Gasteiger partial charge < -0.3 is 11.1 Å². The third-order valence-electron chi connectivity index (χ3n) is 6.87. The maximum absolute atomic E-state index is 14.2. The number of pyridine rings is 1. The van der Waals surface area contributed by atoms with Crippen molar-refractivity contribution in [3.63, 3.8) is 0 Å². The standard InChI is InChI=1S/C29H23F6N5O2S/c30-17-8-15(9-18(31)12-17)10-23(26-19(2-1-6-37-26)16-3-4-22(32)20(11-16)28(36)42)38-25(41)13-40-24-5-7-43-14-21(24)27(39-40)29(33,34)35/h1-4,6,8-9,11-12,23H,5,7,10,13-14H2,(H2,36,42)(H,38,41)/t23-/m0/s1. The molecular formula is C29H23F6N5O2S. The van der Waals surface area contributed by atoms with E-state index in [0.29, 0.717) is 35.1 Å². The van der Waals surface area contributed by atoms with Crippen LogP contribution in [0.4, 0.5) is 26.3 Å². The zero-order valence-corrected chi connectivity index (χ0v) is 23.0. The number of nitrogens with one attached hydrogen (secondary N) is 1. The summed E-state index contributed by atoms with van der Waals surface area (Å²) in [5.41, 5.74) is 5.24. The van der Waals surface area contributed by atoms with Crippen molar-refractivity contribution < 1.29 is 35.9 Å². The van der Waals surface area contributed by atoms with Gasteiger partial charge in [-0.05, 0) is 60.1 Å². The van der Waals surface area contributed by atoms with E-state index in [-0.39, 0.29) is 34.6 Å². The Balaban J connectivity index is 1.52. The number of amides is 2. The summed E-state index contributed by atoms with van der Waals surface area (Å²) in [4.78, 5) is 29.5. The second-order valence-electron chi connectivity index (χ2n) is 9.83. The van der Waals surface area contributed by atoms with Gasteiger partial charge in [0, 0.05) is 34.8 Å². The molecule has 0 spiro atoms. The van der Waals surface area contributed by atoms with Gasteiger partial charge in [-0.2, -0.15) is 30.0 Å². The summed E-state index contributed by atoms with van der Waals surface area (Å²) in [6.07, 6.45) is -3.18. The first-order chi connectivity index (χ1) is 20.4. The van der Waals surface area contributed by atoms with Gasteiger partial charge in [0.15, 0.2) is 5.69 Å². The first kappa shape index (κ1) is 30.1. The molecular weight excluding hydrogens is 596 g/mol. The molecule has 1 aliphatic heterocycles. The van der Waals surface area contributed by atoms with Crippen molar-refractivity contribution in [1.82, 2.24) is 20.1 Å². The second-order valence-corrected chi connectivity index (χ2v) is 10.9. The molecule has 224 valence electrons. The molecule has 0 saturated carbocycles. The Morgan fingerprint density at radius 1 is 1.07 bits per heavy atom. The molecule has 43 heavy (non-hydrogen) atoms. The Hall–Kier alpha value is -4.33. The number of benzene rings is 2. The average Bonchev–Trinajstić information content (AvgIpc) is 3.31. The number of hydrogen-bond donors (Lipinski definition) is 2. The van der Waals surface area contributed by atoms with Crippen LogP contribution in [0.1, 0.15) is 44.6 Å². The van der Waals surface area contributed by atoms with Crippen LogP contribution in [0.3, 0.4) is 0 Å². The van der Waals surface area contributed by atoms with E-state index in [4.69, 9.17) is 5.73 Å². The summed E-state index contributed by atoms with van der Waals surface area (Å²) in [5, 5.41) is 6.44. The Bertz CT molecular complexity index is 1690. The van der Waals surface area contributed by atoms with Crippen LogP contribution in [0.2, 0.25) is 0 Å². The predicted octanol–water partition coefficient (Wildman–Crippen LogP) is 5.37. The Morgan fingerprint density at radius 2 is 1.81 bits per heavy atom. The van der Waals surface area contributed by atoms with Gasteiger partial charge in [0.1, 0.15) is 24.0 Å². The van der Waals surface area contributed by atoms with Crippen LogP contribution in [-0.2, 0) is 36.1 Å². The van der Waals surface area contributed by atoms with Crippen molar-refractivity contribution in [2.24, 2.45) is 5.73 Å². The number of alkyl halides is 3. The van der Waals surface area contributed by atoms with Crippen LogP contribution in [0.25, 0.3) is 11.1 Å². The highest BCUT2D eigenvalue weighted by Gasteiger charge is 2.40. The van der Waals surface area contributed by atoms with E-state index in [1.165, 1.54) is 30.1 Å². The topological polar surface area (TPSA) is 103 Å². The van der Waals surface area contributed by atoms with Crippen LogP contribution in [0, 0.1) is 17.5 Å². The fourth-order valence-electron chi connectivity index (χ4n) is 5.04. The fraction of sp³-hybridized carbons (Fsp3) is 0.241. The summed E-state index contributed by atoms with van der Waals surface area (Å²) in [7, 11) is 0. The molecule has 0 radical (unpaired) electrons. The van der Waals surface area contributed by atoms with E-state index in [1.54, 1.807) is 12.1 Å². The Morgan fingerprint density at radius 3 is 2.51 bits per heavy atom. The number of thioether (sulfide) groups is 1. The monoisotopic (exact) mass is 619 g/mol. The molecule has 3 N–H and O–H groups in total. The van der Waals surface area contributed by atoms with Crippen LogP contribution in [0.5, 0.6) is 0 Å². The van der Waals surface area contributed by atoms with Crippen molar-refractivity contribution in [3.05, 3.63) is 106 Å². The lowest BCUT2D eigenvalue weighted by atomic mass is 9.94. The molecule has 0 unspecified atom stereocenters. The molecule has 0 fully saturated rings. The number of primary amides is 1. The minimum absolute atomic E-state index is 0.0388. The third-order valence-corrected chi connectivity index (χ3v) is 7.85. The van der Waals surface area contributed by atoms with Gasteiger partial charge in [-0.3, -0.25) is 19.3 Å². The van der Waals surface area contributed by atoms with Gasteiger partial charge in [0.2, 0.25) is 5.91 Å². The molecule has 2 amide bonds. The average molecular weight is 620 g/mol. The maximum atomic E-state index is 14.2. The van der Waals surface area contributed by atoms with E-state index < -0.39 is 53.7 Å². The molecule has 1 aliphatic rings. The minimum atomic E-state index is -4.70. The number of halogens is 6. The number of nitrogens with two attached hydrogens (primary N) is 1. The summed E-state index contributed by atoms with van der Waals surface area (Å²) in [6, 6.07) is 8.54. The highest BCUT2D eigenvalue weighted by atomic mass is 32.2. The van der Waals surface area contributed by atoms with Gasteiger partial charge in [-0.15, -0.1) is 0 Å². The molecule has 4 aromatic rings. The zero-order chi connectivity index (χ0) is 30.9. The lowest BCUT2D eigenvalue weighted by Crippen LogP contribution is -2.34. The number of aromatic nitrogens is 3. The van der Waals surface area contributed by atoms with E-state index in [9.17, 15) is 35.9 Å². The second kappa shape index (κ2) is 12.1. The van der Waals surface area contributed by atoms with Crippen molar-refractivity contribution in [2.75, 3.05) is 5.75 Å². The summed E-state index contributed by atoms with van der Waals surface area (Å²) < 4.78 is 84.4. The first-order valence-corrected chi connectivity index (χ1v) is 14.1. The lowest BCUT2D eigenvalue weighted by Gasteiger charge is -2.22. The summed E-state index contributed by atoms with van der Waals surface area (Å²) in [5.74, 6) is -3.62. The van der Waals surface area contributed by atoms with E-state index in [0.717, 1.165) is 22.9 Å². The maximum Gasteiger partial charge on any atom is 0.435 e. The highest BCUT2D eigenvalue weighted by molar-refractivity contribution is 7.98. The number of carbonyl (C=O) groups excluding carboxylic acids is 2. The van der Waals surface area contributed by atoms with Crippen molar-refractivity contribution in [2.45, 2.75) is 37.4 Å². The summed E-state index contributed by atoms with van der Waals surface area (Å²) >= 11 is 1.34. The SMILES string of the molecule is NC(=O)c1cc(-c2cccnc2[C@H](Cc2cc(F)cc(F)c2)NC(=O)Cn2nc(C(F)(F)F)c3c2CCSC3)ccc1F. The molecule has 5 rings (SSSR count). The molecule has 0 saturated heterocycles. The minimum Gasteiger partial charge on any atom is -0.366 e. The van der Waals surface area contributed by atoms with Gasteiger partial charge >= 0.3 is 6.18 Å². The normalized spacial score (nSPS) is 13.8. The first-order valence-electron chi connectivity index (χ1n) is 12.9. The van der Waals surface area contributed by atoms with Crippen LogP contribution >= 0.6 is 11.8 Å². The lowest BCUT2D eigenvalue weighted by molar-refractivity contribution is -0.142. The van der Waals surface area contributed by atoms with Gasteiger partial charge in [0.05, 0.1) is 17.3 Å².